The summed E-state index contributed by atoms with van der Waals surface area (Å²) in [6.07, 6.45) is -0.706. The number of carbonyl (C=O) groups excluding carboxylic acids is 4. The molecular weight excluding hydrogens is 524 g/mol. The van der Waals surface area contributed by atoms with Crippen LogP contribution in [0.15, 0.2) is 95.5 Å². The molecule has 0 spiro atoms. The maximum absolute atomic E-state index is 13.7. The first-order chi connectivity index (χ1) is 18.5. The molecule has 1 saturated heterocycles. The molecule has 3 amide bonds. The first kappa shape index (κ1) is 24.5. The number of hydrogen-bond acceptors (Lipinski definition) is 6. The van der Waals surface area contributed by atoms with Crippen LogP contribution in [0.4, 0.5) is 0 Å². The third kappa shape index (κ3) is 3.83. The van der Waals surface area contributed by atoms with Gasteiger partial charge in [-0.3, -0.25) is 24.2 Å². The largest absolute Gasteiger partial charge is 0.448 e. The number of β-lactam (4-membered cyclic amide) rings is 1. The molecule has 9 heteroatoms. The van der Waals surface area contributed by atoms with Crippen molar-refractivity contribution < 1.29 is 23.9 Å². The summed E-state index contributed by atoms with van der Waals surface area (Å²) in [5, 5.41) is 0. The van der Waals surface area contributed by atoms with Crippen molar-refractivity contribution in [3.63, 3.8) is 0 Å². The van der Waals surface area contributed by atoms with Crippen LogP contribution in [0.5, 0.6) is 0 Å². The van der Waals surface area contributed by atoms with E-state index in [2.05, 4.69) is 0 Å². The van der Waals surface area contributed by atoms with Crippen LogP contribution in [0.1, 0.15) is 37.9 Å². The Bertz CT molecular complexity index is 1420. The number of benzene rings is 3. The smallest absolute Gasteiger partial charge is 0.356 e. The molecule has 0 bridgehead atoms. The predicted octanol–water partition coefficient (Wildman–Crippen LogP) is 4.39. The maximum atomic E-state index is 13.7. The number of nitrogens with zero attached hydrogens (tertiary/aromatic N) is 2. The molecule has 2 atom stereocenters. The Morgan fingerprint density at radius 1 is 0.842 bits per heavy atom. The molecule has 0 aromatic heterocycles. The number of esters is 1. The van der Waals surface area contributed by atoms with Gasteiger partial charge in [0.15, 0.2) is 6.10 Å². The molecule has 0 aliphatic carbocycles. The second kappa shape index (κ2) is 9.78. The Labute approximate surface area is 228 Å². The first-order valence-electron chi connectivity index (χ1n) is 12.0. The molecule has 0 radical (unpaired) electrons. The zero-order valence-corrected chi connectivity index (χ0v) is 21.5. The molecule has 190 valence electrons. The number of ether oxygens (including phenoxy) is 1. The molecule has 2 unspecified atom stereocenters. The number of thioether (sulfide) groups is 1. The van der Waals surface area contributed by atoms with Crippen molar-refractivity contribution in [3.8, 4) is 0 Å². The van der Waals surface area contributed by atoms with Gasteiger partial charge in [0.25, 0.3) is 17.7 Å². The predicted molar refractivity (Wildman–Crippen MR) is 142 cm³/mol. The fourth-order valence-corrected chi connectivity index (χ4v) is 6.62. The molecule has 3 aromatic carbocycles. The summed E-state index contributed by atoms with van der Waals surface area (Å²) in [6, 6.07) is 23.6. The van der Waals surface area contributed by atoms with Crippen LogP contribution in [0.25, 0.3) is 0 Å². The zero-order chi connectivity index (χ0) is 26.4. The lowest BCUT2D eigenvalue weighted by molar-refractivity contribution is -0.158. The van der Waals surface area contributed by atoms with Gasteiger partial charge in [0.1, 0.15) is 11.7 Å². The molecule has 0 saturated carbocycles. The molecule has 3 aliphatic rings. The highest BCUT2D eigenvalue weighted by molar-refractivity contribution is 8.03. The van der Waals surface area contributed by atoms with Gasteiger partial charge in [-0.05, 0) is 23.3 Å². The molecule has 1 fully saturated rings. The number of fused-ring (bicyclic) bond motifs is 2. The molecule has 3 aliphatic heterocycles. The van der Waals surface area contributed by atoms with Gasteiger partial charge in [-0.2, -0.15) is 0 Å². The minimum Gasteiger partial charge on any atom is -0.448 e. The summed E-state index contributed by atoms with van der Waals surface area (Å²) in [6.45, 7) is 0. The highest BCUT2D eigenvalue weighted by atomic mass is 35.5. The molecule has 3 heterocycles. The maximum Gasteiger partial charge on any atom is 0.356 e. The van der Waals surface area contributed by atoms with Gasteiger partial charge in [-0.25, -0.2) is 4.79 Å². The number of amides is 3. The molecule has 3 aromatic rings. The summed E-state index contributed by atoms with van der Waals surface area (Å²) in [7, 11) is 0. The van der Waals surface area contributed by atoms with Crippen molar-refractivity contribution in [3.05, 3.63) is 118 Å². The zero-order valence-electron chi connectivity index (χ0n) is 20.0. The van der Waals surface area contributed by atoms with E-state index in [4.69, 9.17) is 16.3 Å². The van der Waals surface area contributed by atoms with Crippen molar-refractivity contribution in [1.82, 2.24) is 9.80 Å². The summed E-state index contributed by atoms with van der Waals surface area (Å²) in [5.41, 5.74) is 2.17. The standard InChI is InChI=1S/C29H21ClN2O5S/c30-15-22-24(29(36)37-25(17-9-3-1-4-10-17)18-11-5-2-6-12-18)31-21(16-38-22)23(28(31)35)32-26(33)19-13-7-8-14-20(19)27(32)34/h1-14,21,23,25H,15-16H2. The quantitative estimate of drug-likeness (QED) is 0.198. The van der Waals surface area contributed by atoms with Gasteiger partial charge < -0.3 is 4.74 Å². The van der Waals surface area contributed by atoms with Gasteiger partial charge in [0, 0.05) is 10.7 Å². The van der Waals surface area contributed by atoms with Crippen molar-refractivity contribution in [2.45, 2.75) is 18.2 Å². The van der Waals surface area contributed by atoms with Crippen molar-refractivity contribution >= 4 is 47.1 Å². The Kier molecular flexibility index (Phi) is 6.29. The lowest BCUT2D eigenvalue weighted by atomic mass is 9.93. The first-order valence-corrected chi connectivity index (χ1v) is 13.6. The van der Waals surface area contributed by atoms with Gasteiger partial charge in [-0.15, -0.1) is 23.4 Å². The summed E-state index contributed by atoms with van der Waals surface area (Å²) in [5.74, 6) is -1.79. The van der Waals surface area contributed by atoms with E-state index in [-0.39, 0.29) is 22.7 Å². The Morgan fingerprint density at radius 3 is 1.89 bits per heavy atom. The van der Waals surface area contributed by atoms with Crippen LogP contribution in [-0.2, 0) is 14.3 Å². The van der Waals surface area contributed by atoms with E-state index >= 15 is 0 Å². The van der Waals surface area contributed by atoms with E-state index in [1.807, 2.05) is 60.7 Å². The number of hydrogen-bond donors (Lipinski definition) is 0. The average molecular weight is 545 g/mol. The Morgan fingerprint density at radius 2 is 1.37 bits per heavy atom. The lowest BCUT2D eigenvalue weighted by Crippen LogP contribution is -2.73. The highest BCUT2D eigenvalue weighted by Crippen LogP contribution is 2.44. The van der Waals surface area contributed by atoms with Crippen molar-refractivity contribution in [2.75, 3.05) is 11.6 Å². The van der Waals surface area contributed by atoms with Crippen LogP contribution >= 0.6 is 23.4 Å². The second-order valence-corrected chi connectivity index (χ2v) is 10.5. The van der Waals surface area contributed by atoms with E-state index in [9.17, 15) is 19.2 Å². The van der Waals surface area contributed by atoms with Gasteiger partial charge in [0.05, 0.1) is 23.0 Å². The summed E-state index contributed by atoms with van der Waals surface area (Å²) >= 11 is 7.54. The topological polar surface area (TPSA) is 84.0 Å². The molecule has 0 N–H and O–H groups in total. The highest BCUT2D eigenvalue weighted by Gasteiger charge is 2.59. The minimum absolute atomic E-state index is 0.0185. The van der Waals surface area contributed by atoms with E-state index in [1.165, 1.54) is 16.7 Å². The number of halogens is 1. The number of allylic oxidation sites excluding steroid dienone is 1. The third-order valence-electron chi connectivity index (χ3n) is 6.97. The van der Waals surface area contributed by atoms with E-state index in [0.29, 0.717) is 10.7 Å². The third-order valence-corrected chi connectivity index (χ3v) is 8.59. The van der Waals surface area contributed by atoms with Gasteiger partial charge in [-0.1, -0.05) is 72.8 Å². The number of alkyl halides is 1. The second-order valence-electron chi connectivity index (χ2n) is 9.07. The normalized spacial score (nSPS) is 20.4. The van der Waals surface area contributed by atoms with Crippen LogP contribution < -0.4 is 0 Å². The average Bonchev–Trinajstić information content (AvgIpc) is 3.21. The fourth-order valence-electron chi connectivity index (χ4n) is 5.16. The molecule has 6 rings (SSSR count). The Balaban J connectivity index is 1.30. The van der Waals surface area contributed by atoms with E-state index in [0.717, 1.165) is 16.0 Å². The number of rotatable bonds is 6. The van der Waals surface area contributed by atoms with E-state index < -0.39 is 41.9 Å². The van der Waals surface area contributed by atoms with E-state index in [1.54, 1.807) is 24.3 Å². The Hall–Kier alpha value is -3.88. The molecular formula is C29H21ClN2O5S. The van der Waals surface area contributed by atoms with Crippen molar-refractivity contribution in [1.29, 1.82) is 0 Å². The van der Waals surface area contributed by atoms with Crippen LogP contribution in [0, 0.1) is 0 Å². The number of carbonyl (C=O) groups is 4. The minimum atomic E-state index is -0.992. The van der Waals surface area contributed by atoms with Crippen LogP contribution in [0.2, 0.25) is 0 Å². The van der Waals surface area contributed by atoms with Crippen LogP contribution in [-0.4, -0.2) is 57.2 Å². The lowest BCUT2D eigenvalue weighted by Gasteiger charge is -2.52. The summed E-state index contributed by atoms with van der Waals surface area (Å²) < 4.78 is 6.04. The monoisotopic (exact) mass is 544 g/mol. The van der Waals surface area contributed by atoms with Gasteiger partial charge >= 0.3 is 5.97 Å². The number of imide groups is 1. The van der Waals surface area contributed by atoms with Gasteiger partial charge in [0.2, 0.25) is 0 Å². The SMILES string of the molecule is O=C(OC(c1ccccc1)c1ccccc1)C1=C(CCl)SCC2C(N3C(=O)c4ccccc4C3=O)C(=O)N12. The summed E-state index contributed by atoms with van der Waals surface area (Å²) in [4.78, 5) is 56.2. The van der Waals surface area contributed by atoms with Crippen LogP contribution in [0.3, 0.4) is 0 Å². The molecule has 38 heavy (non-hydrogen) atoms. The molecule has 7 nitrogen and oxygen atoms in total. The van der Waals surface area contributed by atoms with Crippen molar-refractivity contribution in [2.24, 2.45) is 0 Å². The fraction of sp³-hybridized carbons (Fsp3) is 0.172.